The van der Waals surface area contributed by atoms with Gasteiger partial charge in [-0.15, -0.1) is 4.79 Å². The molecule has 168 valence electrons. The summed E-state index contributed by atoms with van der Waals surface area (Å²) in [5.41, 5.74) is 10.1. The minimum atomic E-state index is -4.57. The van der Waals surface area contributed by atoms with Gasteiger partial charge in [-0.1, -0.05) is 56.7 Å². The number of unbranched alkanes of at least 4 members (excludes halogenated alkanes) is 5. The van der Waals surface area contributed by atoms with Crippen LogP contribution in [0.4, 0.5) is 0 Å². The van der Waals surface area contributed by atoms with Gasteiger partial charge in [-0.3, -0.25) is 0 Å². The fourth-order valence-corrected chi connectivity index (χ4v) is 6.30. The third-order valence-corrected chi connectivity index (χ3v) is 8.96. The molecule has 0 spiro atoms. The Labute approximate surface area is 184 Å². The molecule has 0 amide bonds. The van der Waals surface area contributed by atoms with Crippen molar-refractivity contribution < 1.29 is 26.4 Å². The van der Waals surface area contributed by atoms with E-state index in [-0.39, 0.29) is 9.79 Å². The zero-order chi connectivity index (χ0) is 22.9. The Morgan fingerprint density at radius 3 is 1.81 bits per heavy atom. The summed E-state index contributed by atoms with van der Waals surface area (Å²) >= 11 is 0. The van der Waals surface area contributed by atoms with Crippen molar-refractivity contribution in [3.8, 4) is 5.75 Å². The van der Waals surface area contributed by atoms with Gasteiger partial charge in [0.15, 0.2) is 0 Å². The number of benzene rings is 2. The molecular formula is C22H28N2O5S2. The number of nitrogens with zero attached hydrogens (tertiary/aromatic N) is 2. The van der Waals surface area contributed by atoms with Gasteiger partial charge in [0.2, 0.25) is 0 Å². The fourth-order valence-electron chi connectivity index (χ4n) is 2.96. The first-order valence-corrected chi connectivity index (χ1v) is 13.2. The lowest BCUT2D eigenvalue weighted by Crippen LogP contribution is -2.26. The molecule has 0 fully saturated rings. The van der Waals surface area contributed by atoms with E-state index in [1.54, 1.807) is 6.92 Å². The molecule has 2 rings (SSSR count). The second kappa shape index (κ2) is 11.2. The maximum absolute atomic E-state index is 12.8. The van der Waals surface area contributed by atoms with Gasteiger partial charge in [-0.25, -0.2) is 16.8 Å². The smallest absolute Gasteiger partial charge is 0.494 e. The lowest BCUT2D eigenvalue weighted by Gasteiger charge is -2.07. The summed E-state index contributed by atoms with van der Waals surface area (Å²) in [6, 6.07) is 11.0. The van der Waals surface area contributed by atoms with E-state index in [1.165, 1.54) is 67.8 Å². The highest BCUT2D eigenvalue weighted by molar-refractivity contribution is 8.31. The average molecular weight is 465 g/mol. The van der Waals surface area contributed by atoms with Crippen LogP contribution < -0.4 is 4.74 Å². The molecule has 0 N–H and O–H groups in total. The van der Waals surface area contributed by atoms with E-state index >= 15 is 0 Å². The first-order chi connectivity index (χ1) is 14.7. The monoisotopic (exact) mass is 464 g/mol. The molecule has 0 bridgehead atoms. The molecule has 0 aliphatic rings. The average Bonchev–Trinajstić information content (AvgIpc) is 2.74. The molecule has 0 saturated carbocycles. The van der Waals surface area contributed by atoms with E-state index in [1.807, 2.05) is 0 Å². The summed E-state index contributed by atoms with van der Waals surface area (Å²) in [5, 5.41) is 0. The van der Waals surface area contributed by atoms with Crippen molar-refractivity contribution in [2.75, 3.05) is 6.61 Å². The normalized spacial score (nSPS) is 11.7. The highest BCUT2D eigenvalue weighted by Crippen LogP contribution is 2.23. The maximum Gasteiger partial charge on any atom is 0.504 e. The molecule has 0 aliphatic carbocycles. The second-order valence-electron chi connectivity index (χ2n) is 7.27. The van der Waals surface area contributed by atoms with Crippen molar-refractivity contribution in [2.45, 2.75) is 62.2 Å². The number of sulfone groups is 2. The van der Waals surface area contributed by atoms with Crippen molar-refractivity contribution in [1.29, 1.82) is 0 Å². The Morgan fingerprint density at radius 1 is 0.806 bits per heavy atom. The molecule has 0 atom stereocenters. The van der Waals surface area contributed by atoms with Crippen molar-refractivity contribution in [2.24, 2.45) is 0 Å². The lowest BCUT2D eigenvalue weighted by molar-refractivity contribution is 0.00380. The maximum atomic E-state index is 12.8. The molecule has 7 nitrogen and oxygen atoms in total. The Kier molecular flexibility index (Phi) is 8.98. The van der Waals surface area contributed by atoms with Crippen LogP contribution in [0, 0.1) is 6.92 Å². The zero-order valence-corrected chi connectivity index (χ0v) is 19.5. The van der Waals surface area contributed by atoms with Gasteiger partial charge in [0.25, 0.3) is 19.7 Å². The molecule has 0 saturated heterocycles. The minimum absolute atomic E-state index is 0.270. The first-order valence-electron chi connectivity index (χ1n) is 10.2. The van der Waals surface area contributed by atoms with Crippen molar-refractivity contribution in [1.82, 2.24) is 0 Å². The van der Waals surface area contributed by atoms with Crippen LogP contribution in [-0.4, -0.2) is 32.6 Å². The number of ether oxygens (including phenoxy) is 1. The van der Waals surface area contributed by atoms with Gasteiger partial charge < -0.3 is 10.3 Å². The molecule has 31 heavy (non-hydrogen) atoms. The van der Waals surface area contributed by atoms with Crippen molar-refractivity contribution >= 4 is 24.1 Å². The van der Waals surface area contributed by atoms with Crippen LogP contribution in [0.3, 0.4) is 0 Å². The summed E-state index contributed by atoms with van der Waals surface area (Å²) < 4.78 is 55.5. The van der Waals surface area contributed by atoms with Crippen LogP contribution in [0.1, 0.15) is 51.0 Å². The highest BCUT2D eigenvalue weighted by Gasteiger charge is 2.43. The summed E-state index contributed by atoms with van der Waals surface area (Å²) in [4.78, 5) is 2.06. The van der Waals surface area contributed by atoms with Gasteiger partial charge in [-0.2, -0.15) is 0 Å². The molecule has 0 aromatic heterocycles. The van der Waals surface area contributed by atoms with Gasteiger partial charge in [0.1, 0.15) is 5.75 Å². The van der Waals surface area contributed by atoms with E-state index in [0.717, 1.165) is 24.8 Å². The number of hydrogen-bond acceptors (Lipinski definition) is 5. The van der Waals surface area contributed by atoms with Crippen LogP contribution >= 0.6 is 0 Å². The van der Waals surface area contributed by atoms with Crippen LogP contribution in [0.5, 0.6) is 5.75 Å². The molecule has 0 aliphatic heterocycles. The molecule has 2 aromatic carbocycles. The number of hydrogen-bond donors (Lipinski definition) is 0. The zero-order valence-electron chi connectivity index (χ0n) is 17.8. The van der Waals surface area contributed by atoms with Crippen LogP contribution in [0.2, 0.25) is 0 Å². The van der Waals surface area contributed by atoms with E-state index in [4.69, 9.17) is 4.74 Å². The van der Waals surface area contributed by atoms with E-state index in [9.17, 15) is 22.4 Å². The summed E-state index contributed by atoms with van der Waals surface area (Å²) in [6.07, 6.45) is 6.77. The number of aryl methyl sites for hydroxylation is 1. The van der Waals surface area contributed by atoms with E-state index < -0.39 is 24.1 Å². The van der Waals surface area contributed by atoms with Gasteiger partial charge in [0, 0.05) is 0 Å². The molecule has 0 unspecified atom stereocenters. The molecule has 0 radical (unpaired) electrons. The summed E-state index contributed by atoms with van der Waals surface area (Å²) in [5.74, 6) is 0.483. The molecule has 0 heterocycles. The molecular weight excluding hydrogens is 436 g/mol. The van der Waals surface area contributed by atoms with E-state index in [2.05, 4.69) is 11.7 Å². The Morgan fingerprint density at radius 2 is 1.29 bits per heavy atom. The third kappa shape index (κ3) is 6.50. The number of rotatable bonds is 10. The second-order valence-corrected chi connectivity index (χ2v) is 11.3. The van der Waals surface area contributed by atoms with E-state index in [0.29, 0.717) is 12.4 Å². The standard InChI is InChI=1S/C22H28N2O5S2/c1-3-4-5-6-7-8-17-29-19-11-15-21(16-12-19)31(27,28)22(24-23)30(25,26)20-13-9-18(2)10-14-20/h9-16H,3-8,17H2,1-2H3. The summed E-state index contributed by atoms with van der Waals surface area (Å²) in [7, 11) is -9.10. The van der Waals surface area contributed by atoms with Crippen LogP contribution in [0.15, 0.2) is 58.3 Å². The largest absolute Gasteiger partial charge is 0.504 e. The van der Waals surface area contributed by atoms with Gasteiger partial charge in [0.05, 0.1) is 16.4 Å². The topological polar surface area (TPSA) is 114 Å². The van der Waals surface area contributed by atoms with Crippen molar-refractivity contribution in [3.05, 3.63) is 59.6 Å². The third-order valence-electron chi connectivity index (χ3n) is 4.77. The Hall–Kier alpha value is -2.48. The highest BCUT2D eigenvalue weighted by atomic mass is 32.3. The minimum Gasteiger partial charge on any atom is -0.494 e. The molecule has 9 heteroatoms. The fraction of sp³-hybridized carbons (Fsp3) is 0.409. The summed E-state index contributed by atoms with van der Waals surface area (Å²) in [6.45, 7) is 4.45. The predicted octanol–water partition coefficient (Wildman–Crippen LogP) is 4.57. The first kappa shape index (κ1) is 24.8. The Balaban J connectivity index is 2.10. The lowest BCUT2D eigenvalue weighted by atomic mass is 10.1. The predicted molar refractivity (Wildman–Crippen MR) is 119 cm³/mol. The van der Waals surface area contributed by atoms with Crippen LogP contribution in [0.25, 0.3) is 5.53 Å². The molecule has 2 aromatic rings. The van der Waals surface area contributed by atoms with Crippen molar-refractivity contribution in [3.63, 3.8) is 0 Å². The van der Waals surface area contributed by atoms with Gasteiger partial charge in [-0.05, 0) is 49.7 Å². The quantitative estimate of drug-likeness (QED) is 0.168. The Bertz CT molecular complexity index is 1120. The SMILES string of the molecule is CCCCCCCCOc1ccc(S(=O)(=O)C(=[N+]=[N-])S(=O)(=O)c2ccc(C)cc2)cc1. The van der Waals surface area contributed by atoms with Gasteiger partial charge >= 0.3 is 4.38 Å². The van der Waals surface area contributed by atoms with Crippen LogP contribution in [-0.2, 0) is 19.7 Å².